The van der Waals surface area contributed by atoms with Gasteiger partial charge in [-0.05, 0) is 0 Å². The maximum atomic E-state index is 2.63. The Morgan fingerprint density at radius 3 is 1.05 bits per heavy atom. The zero-order chi connectivity index (χ0) is 14.4. The summed E-state index contributed by atoms with van der Waals surface area (Å²) in [4.78, 5) is 15.8. The van der Waals surface area contributed by atoms with Crippen molar-refractivity contribution in [2.75, 3.05) is 0 Å². The molecular formula is C16H26Sn2Zr. The van der Waals surface area contributed by atoms with Crippen LogP contribution in [-0.2, 0) is 23.2 Å². The standard InChI is InChI=1S/2C5H4.6CH3.2Sn.Zr/c2*1-2-4-5-3-1;;;;;;;;;/h2*1-4H;6*1H3;;;. The first-order valence-corrected chi connectivity index (χ1v) is 29.6. The second-order valence-corrected chi connectivity index (χ2v) is 49.9. The minimum atomic E-state index is -1.99. The van der Waals surface area contributed by atoms with E-state index in [1.807, 2.05) is 0 Å². The van der Waals surface area contributed by atoms with Gasteiger partial charge in [-0.2, -0.15) is 0 Å². The topological polar surface area (TPSA) is 0 Å². The molecule has 0 N–H and O–H groups in total. The van der Waals surface area contributed by atoms with Crippen LogP contribution in [0.3, 0.4) is 0 Å². The van der Waals surface area contributed by atoms with Crippen LogP contribution in [0, 0.1) is 0 Å². The van der Waals surface area contributed by atoms with Gasteiger partial charge in [0.25, 0.3) is 0 Å². The molecule has 2 aliphatic carbocycles. The SMILES string of the molecule is [CH3][Sn]([CH3])([CH3])[C]1([Zr][C]2([Sn]([CH3])([CH3])[CH3])C=CC=C2)C=CC=C1. The van der Waals surface area contributed by atoms with E-state index < -0.39 is 60.0 Å². The predicted molar refractivity (Wildman–Crippen MR) is 88.6 cm³/mol. The quantitative estimate of drug-likeness (QED) is 0.415. The van der Waals surface area contributed by atoms with E-state index >= 15 is 0 Å². The second kappa shape index (κ2) is 5.57. The van der Waals surface area contributed by atoms with Crippen molar-refractivity contribution in [2.45, 2.75) is 31.9 Å². The van der Waals surface area contributed by atoms with Crippen molar-refractivity contribution in [3.05, 3.63) is 48.6 Å². The fourth-order valence-electron chi connectivity index (χ4n) is 2.82. The zero-order valence-corrected chi connectivity index (χ0v) is 21.3. The molecule has 2 rings (SSSR count). The van der Waals surface area contributed by atoms with Gasteiger partial charge in [0.2, 0.25) is 0 Å². The average molecular weight is 547 g/mol. The van der Waals surface area contributed by atoms with Gasteiger partial charge >= 0.3 is 141 Å². The molecule has 0 spiro atoms. The summed E-state index contributed by atoms with van der Waals surface area (Å²) in [5.74, 6) is 0. The third kappa shape index (κ3) is 3.13. The fraction of sp³-hybridized carbons (Fsp3) is 0.500. The molecule has 19 heavy (non-hydrogen) atoms. The zero-order valence-electron chi connectivity index (χ0n) is 13.1. The number of rotatable bonds is 4. The van der Waals surface area contributed by atoms with Crippen LogP contribution in [0.15, 0.2) is 48.6 Å². The molecular weight excluding hydrogens is 521 g/mol. The van der Waals surface area contributed by atoms with Crippen LogP contribution in [0.4, 0.5) is 0 Å². The molecule has 102 valence electrons. The molecule has 3 heteroatoms. The van der Waals surface area contributed by atoms with Crippen LogP contribution < -0.4 is 0 Å². The van der Waals surface area contributed by atoms with Crippen molar-refractivity contribution in [3.63, 3.8) is 0 Å². The average Bonchev–Trinajstić information content (AvgIpc) is 2.86. The van der Waals surface area contributed by atoms with E-state index in [4.69, 9.17) is 0 Å². The molecule has 0 unspecified atom stereocenters. The molecule has 0 bridgehead atoms. The van der Waals surface area contributed by atoms with E-state index in [9.17, 15) is 0 Å². The Labute approximate surface area is 138 Å². The minimum absolute atomic E-state index is 0.566. The van der Waals surface area contributed by atoms with Gasteiger partial charge in [0.05, 0.1) is 0 Å². The molecule has 0 aromatic carbocycles. The third-order valence-corrected chi connectivity index (χ3v) is 53.3. The summed E-state index contributed by atoms with van der Waals surface area (Å²) < 4.78 is 1.17. The monoisotopic (exact) mass is 548 g/mol. The summed E-state index contributed by atoms with van der Waals surface area (Å²) in [6.45, 7) is 0. The van der Waals surface area contributed by atoms with Crippen LogP contribution in [0.5, 0.6) is 0 Å². The summed E-state index contributed by atoms with van der Waals surface area (Å²) in [6, 6.07) is 0. The molecule has 0 heterocycles. The second-order valence-electron chi connectivity index (χ2n) is 7.80. The Morgan fingerprint density at radius 2 is 0.842 bits per heavy atom. The predicted octanol–water partition coefficient (Wildman–Crippen LogP) is 5.39. The molecule has 0 atom stereocenters. The van der Waals surface area contributed by atoms with Crippen molar-refractivity contribution < 1.29 is 23.2 Å². The van der Waals surface area contributed by atoms with Gasteiger partial charge in [-0.3, -0.25) is 0 Å². The molecule has 0 fully saturated rings. The molecule has 0 saturated carbocycles. The molecule has 0 amide bonds. The molecule has 0 aromatic rings. The first-order chi connectivity index (χ1) is 8.62. The van der Waals surface area contributed by atoms with Crippen molar-refractivity contribution in [2.24, 2.45) is 0 Å². The van der Waals surface area contributed by atoms with E-state index in [0.29, 0.717) is 2.28 Å². The fourth-order valence-corrected chi connectivity index (χ4v) is 40.6. The van der Waals surface area contributed by atoms with Crippen LogP contribution in [-0.4, -0.2) is 36.8 Å². The van der Waals surface area contributed by atoms with Gasteiger partial charge in [0.1, 0.15) is 0 Å². The van der Waals surface area contributed by atoms with Crippen LogP contribution in [0.1, 0.15) is 0 Å². The Hall–Kier alpha value is 1.44. The van der Waals surface area contributed by atoms with Crippen LogP contribution >= 0.6 is 0 Å². The Kier molecular flexibility index (Phi) is 4.93. The maximum absolute atomic E-state index is 2.63. The van der Waals surface area contributed by atoms with Gasteiger partial charge in [0, 0.05) is 0 Å². The van der Waals surface area contributed by atoms with Crippen molar-refractivity contribution in [1.82, 2.24) is 0 Å². The van der Waals surface area contributed by atoms with Crippen molar-refractivity contribution >= 4 is 36.8 Å². The molecule has 0 nitrogen and oxygen atoms in total. The Balaban J connectivity index is 2.43. The van der Waals surface area contributed by atoms with E-state index in [1.165, 1.54) is 0 Å². The Morgan fingerprint density at radius 1 is 0.579 bits per heavy atom. The summed E-state index contributed by atoms with van der Waals surface area (Å²) in [7, 11) is 0. The van der Waals surface area contributed by atoms with E-state index in [1.54, 1.807) is 0 Å². The summed E-state index contributed by atoms with van der Waals surface area (Å²) in [6.07, 6.45) is 19.7. The third-order valence-electron chi connectivity index (χ3n) is 4.55. The summed E-state index contributed by atoms with van der Waals surface area (Å²) >= 11 is -4.55. The van der Waals surface area contributed by atoms with E-state index in [-0.39, 0.29) is 0 Å². The number of hydrogen-bond acceptors (Lipinski definition) is 0. The van der Waals surface area contributed by atoms with Crippen molar-refractivity contribution in [1.29, 1.82) is 0 Å². The van der Waals surface area contributed by atoms with Gasteiger partial charge in [-0.15, -0.1) is 0 Å². The van der Waals surface area contributed by atoms with Crippen molar-refractivity contribution in [3.8, 4) is 0 Å². The number of hydrogen-bond donors (Lipinski definition) is 0. The molecule has 0 saturated heterocycles. The van der Waals surface area contributed by atoms with Gasteiger partial charge in [-0.25, -0.2) is 0 Å². The molecule has 0 aliphatic heterocycles. The normalized spacial score (nSPS) is 23.3. The number of allylic oxidation sites excluding steroid dienone is 8. The van der Waals surface area contributed by atoms with Gasteiger partial charge in [0.15, 0.2) is 0 Å². The van der Waals surface area contributed by atoms with Gasteiger partial charge in [-0.1, -0.05) is 0 Å². The summed E-state index contributed by atoms with van der Waals surface area (Å²) in [5.41, 5.74) is 0. The van der Waals surface area contributed by atoms with Crippen LogP contribution in [0.2, 0.25) is 31.9 Å². The molecule has 0 aromatic heterocycles. The first kappa shape index (κ1) is 16.8. The van der Waals surface area contributed by atoms with Crippen LogP contribution in [0.25, 0.3) is 0 Å². The summed E-state index contributed by atoms with van der Waals surface area (Å²) in [5, 5.41) is 0. The van der Waals surface area contributed by atoms with E-state index in [2.05, 4.69) is 78.2 Å². The Bertz CT molecular complexity index is 402. The van der Waals surface area contributed by atoms with Gasteiger partial charge < -0.3 is 0 Å². The molecule has 0 radical (unpaired) electrons. The first-order valence-electron chi connectivity index (χ1n) is 7.15. The molecule has 2 aliphatic rings. The van der Waals surface area contributed by atoms with E-state index in [0.717, 1.165) is 0 Å².